The number of rotatable bonds is 2. The Bertz CT molecular complexity index is 643. The SMILES string of the molecule is Cc1ccc(NC(=O)c2ccc(Br)cc2Cl)cc1N. The van der Waals surface area contributed by atoms with Crippen molar-refractivity contribution in [1.29, 1.82) is 0 Å². The van der Waals surface area contributed by atoms with Gasteiger partial charge >= 0.3 is 0 Å². The third-order valence-electron chi connectivity index (χ3n) is 2.71. The number of amides is 1. The molecule has 0 saturated heterocycles. The second-order valence-corrected chi connectivity index (χ2v) is 5.47. The van der Waals surface area contributed by atoms with E-state index >= 15 is 0 Å². The lowest BCUT2D eigenvalue weighted by atomic mass is 10.1. The number of halogens is 2. The lowest BCUT2D eigenvalue weighted by molar-refractivity contribution is 0.102. The van der Waals surface area contributed by atoms with Gasteiger partial charge in [-0.3, -0.25) is 4.79 Å². The number of carbonyl (C=O) groups is 1. The first kappa shape index (κ1) is 13.9. The number of nitrogens with two attached hydrogens (primary N) is 1. The van der Waals surface area contributed by atoms with Crippen LogP contribution in [0.1, 0.15) is 15.9 Å². The molecule has 2 rings (SSSR count). The number of carbonyl (C=O) groups excluding carboxylic acids is 1. The molecule has 0 heterocycles. The lowest BCUT2D eigenvalue weighted by Crippen LogP contribution is -2.12. The normalized spacial score (nSPS) is 10.3. The third kappa shape index (κ3) is 3.28. The molecular weight excluding hydrogens is 328 g/mol. The van der Waals surface area contributed by atoms with Crippen LogP contribution in [0.25, 0.3) is 0 Å². The fourth-order valence-electron chi connectivity index (χ4n) is 1.59. The van der Waals surface area contributed by atoms with Crippen LogP contribution in [0.5, 0.6) is 0 Å². The summed E-state index contributed by atoms with van der Waals surface area (Å²) in [5.41, 5.74) is 8.48. The second-order valence-electron chi connectivity index (χ2n) is 4.15. The van der Waals surface area contributed by atoms with E-state index in [1.807, 2.05) is 13.0 Å². The number of aryl methyl sites for hydroxylation is 1. The molecule has 0 unspecified atom stereocenters. The monoisotopic (exact) mass is 338 g/mol. The average Bonchev–Trinajstić information content (AvgIpc) is 2.33. The second kappa shape index (κ2) is 5.63. The maximum atomic E-state index is 12.1. The van der Waals surface area contributed by atoms with Gasteiger partial charge in [-0.2, -0.15) is 0 Å². The summed E-state index contributed by atoms with van der Waals surface area (Å²) in [7, 11) is 0. The maximum absolute atomic E-state index is 12.1. The van der Waals surface area contributed by atoms with Crippen LogP contribution in [0.15, 0.2) is 40.9 Å². The summed E-state index contributed by atoms with van der Waals surface area (Å²) in [6, 6.07) is 10.5. The van der Waals surface area contributed by atoms with Gasteiger partial charge < -0.3 is 11.1 Å². The standard InChI is InChI=1S/C14H12BrClN2O/c1-8-2-4-10(7-13(8)17)18-14(19)11-5-3-9(15)6-12(11)16/h2-7H,17H2,1H3,(H,18,19). The summed E-state index contributed by atoms with van der Waals surface area (Å²) in [5.74, 6) is -0.263. The molecule has 3 N–H and O–H groups in total. The largest absolute Gasteiger partial charge is 0.398 e. The minimum Gasteiger partial charge on any atom is -0.398 e. The molecule has 0 aliphatic heterocycles. The molecule has 0 radical (unpaired) electrons. The number of nitrogens with one attached hydrogen (secondary N) is 1. The Morgan fingerprint density at radius 3 is 2.63 bits per heavy atom. The van der Waals surface area contributed by atoms with Crippen LogP contribution >= 0.6 is 27.5 Å². The van der Waals surface area contributed by atoms with Gasteiger partial charge in [0.05, 0.1) is 10.6 Å². The molecule has 0 aliphatic carbocycles. The topological polar surface area (TPSA) is 55.1 Å². The smallest absolute Gasteiger partial charge is 0.257 e. The molecular formula is C14H12BrClN2O. The van der Waals surface area contributed by atoms with Crippen LogP contribution in [-0.2, 0) is 0 Å². The first-order chi connectivity index (χ1) is 8.97. The van der Waals surface area contributed by atoms with E-state index in [4.69, 9.17) is 17.3 Å². The summed E-state index contributed by atoms with van der Waals surface area (Å²) in [4.78, 5) is 12.1. The molecule has 0 bridgehead atoms. The Kier molecular flexibility index (Phi) is 4.12. The molecule has 98 valence electrons. The molecule has 1 amide bonds. The molecule has 3 nitrogen and oxygen atoms in total. The van der Waals surface area contributed by atoms with Gasteiger partial charge in [0.25, 0.3) is 5.91 Å². The van der Waals surface area contributed by atoms with Crippen LogP contribution in [0, 0.1) is 6.92 Å². The summed E-state index contributed by atoms with van der Waals surface area (Å²) >= 11 is 9.33. The van der Waals surface area contributed by atoms with E-state index in [1.165, 1.54) is 0 Å². The molecule has 5 heteroatoms. The van der Waals surface area contributed by atoms with Crippen LogP contribution in [0.4, 0.5) is 11.4 Å². The van der Waals surface area contributed by atoms with Gasteiger partial charge in [-0.25, -0.2) is 0 Å². The molecule has 2 aromatic carbocycles. The summed E-state index contributed by atoms with van der Waals surface area (Å²) in [5, 5.41) is 3.16. The minimum absolute atomic E-state index is 0.263. The van der Waals surface area contributed by atoms with E-state index in [-0.39, 0.29) is 5.91 Å². The van der Waals surface area contributed by atoms with E-state index in [0.717, 1.165) is 10.0 Å². The number of hydrogen-bond acceptors (Lipinski definition) is 2. The zero-order chi connectivity index (χ0) is 14.0. The summed E-state index contributed by atoms with van der Waals surface area (Å²) < 4.78 is 0.827. The van der Waals surface area contributed by atoms with Gasteiger partial charge in [-0.05, 0) is 42.8 Å². The fraction of sp³-hybridized carbons (Fsp3) is 0.0714. The van der Waals surface area contributed by atoms with Gasteiger partial charge in [0.2, 0.25) is 0 Å². The Hall–Kier alpha value is -1.52. The van der Waals surface area contributed by atoms with Gasteiger partial charge in [-0.15, -0.1) is 0 Å². The molecule has 0 aromatic heterocycles. The van der Waals surface area contributed by atoms with Crippen molar-refractivity contribution in [2.45, 2.75) is 6.92 Å². The van der Waals surface area contributed by atoms with E-state index < -0.39 is 0 Å². The Morgan fingerprint density at radius 1 is 1.26 bits per heavy atom. The van der Waals surface area contributed by atoms with E-state index in [0.29, 0.717) is 22.0 Å². The molecule has 0 aliphatic rings. The van der Waals surface area contributed by atoms with Crippen LogP contribution < -0.4 is 11.1 Å². The minimum atomic E-state index is -0.263. The highest BCUT2D eigenvalue weighted by Gasteiger charge is 2.11. The summed E-state index contributed by atoms with van der Waals surface area (Å²) in [6.07, 6.45) is 0. The van der Waals surface area contributed by atoms with Gasteiger partial charge in [0, 0.05) is 15.8 Å². The van der Waals surface area contributed by atoms with Gasteiger partial charge in [0.15, 0.2) is 0 Å². The van der Waals surface area contributed by atoms with Gasteiger partial charge in [-0.1, -0.05) is 33.6 Å². The molecule has 0 atom stereocenters. The van der Waals surface area contributed by atoms with Crippen LogP contribution in [0.3, 0.4) is 0 Å². The predicted octanol–water partition coefficient (Wildman–Crippen LogP) is 4.25. The van der Waals surface area contributed by atoms with Gasteiger partial charge in [0.1, 0.15) is 0 Å². The predicted molar refractivity (Wildman–Crippen MR) is 82.7 cm³/mol. The van der Waals surface area contributed by atoms with Crippen molar-refractivity contribution in [3.63, 3.8) is 0 Å². The highest BCUT2D eigenvalue weighted by molar-refractivity contribution is 9.10. The highest BCUT2D eigenvalue weighted by Crippen LogP contribution is 2.23. The van der Waals surface area contributed by atoms with E-state index in [9.17, 15) is 4.79 Å². The van der Waals surface area contributed by atoms with Crippen molar-refractivity contribution in [3.05, 3.63) is 57.0 Å². The van der Waals surface area contributed by atoms with Crippen LogP contribution in [0.2, 0.25) is 5.02 Å². The molecule has 19 heavy (non-hydrogen) atoms. The number of hydrogen-bond donors (Lipinski definition) is 2. The molecule has 2 aromatic rings. The van der Waals surface area contributed by atoms with Crippen molar-refractivity contribution in [2.24, 2.45) is 0 Å². The van der Waals surface area contributed by atoms with Crippen molar-refractivity contribution in [3.8, 4) is 0 Å². The van der Waals surface area contributed by atoms with E-state index in [2.05, 4.69) is 21.2 Å². The van der Waals surface area contributed by atoms with Crippen molar-refractivity contribution in [1.82, 2.24) is 0 Å². The lowest BCUT2D eigenvalue weighted by Gasteiger charge is -2.09. The highest BCUT2D eigenvalue weighted by atomic mass is 79.9. The van der Waals surface area contributed by atoms with E-state index in [1.54, 1.807) is 30.3 Å². The fourth-order valence-corrected chi connectivity index (χ4v) is 2.35. The number of nitrogen functional groups attached to an aromatic ring is 1. The average molecular weight is 340 g/mol. The Morgan fingerprint density at radius 2 is 2.00 bits per heavy atom. The molecule has 0 fully saturated rings. The third-order valence-corrected chi connectivity index (χ3v) is 3.52. The zero-order valence-electron chi connectivity index (χ0n) is 10.2. The molecule has 0 spiro atoms. The van der Waals surface area contributed by atoms with Crippen molar-refractivity contribution < 1.29 is 4.79 Å². The number of benzene rings is 2. The summed E-state index contributed by atoms with van der Waals surface area (Å²) in [6.45, 7) is 1.91. The zero-order valence-corrected chi connectivity index (χ0v) is 12.5. The van der Waals surface area contributed by atoms with Crippen LogP contribution in [-0.4, -0.2) is 5.91 Å². The maximum Gasteiger partial charge on any atom is 0.257 e. The number of anilines is 2. The van der Waals surface area contributed by atoms with Crippen molar-refractivity contribution >= 4 is 44.8 Å². The Balaban J connectivity index is 2.23. The first-order valence-electron chi connectivity index (χ1n) is 5.60. The Labute approximate surface area is 124 Å². The molecule has 0 saturated carbocycles. The first-order valence-corrected chi connectivity index (χ1v) is 6.77. The quantitative estimate of drug-likeness (QED) is 0.804. The van der Waals surface area contributed by atoms with Crippen molar-refractivity contribution in [2.75, 3.05) is 11.1 Å².